The van der Waals surface area contributed by atoms with Crippen molar-refractivity contribution < 1.29 is 19.0 Å². The lowest BCUT2D eigenvalue weighted by molar-refractivity contribution is 0.269. The molecule has 1 N–H and O–H groups in total. The van der Waals surface area contributed by atoms with E-state index < -0.39 is 12.4 Å². The van der Waals surface area contributed by atoms with Crippen LogP contribution in [-0.2, 0) is 6.61 Å². The van der Waals surface area contributed by atoms with E-state index in [1.165, 1.54) is 12.1 Å². The largest absolute Gasteiger partial charge is 0.496 e. The average molecular weight is 406 g/mol. The quantitative estimate of drug-likeness (QED) is 0.804. The van der Waals surface area contributed by atoms with Gasteiger partial charge in [-0.15, -0.1) is 0 Å². The molecule has 0 aliphatic carbocycles. The van der Waals surface area contributed by atoms with Crippen molar-refractivity contribution in [3.05, 3.63) is 50.7 Å². The van der Waals surface area contributed by atoms with Gasteiger partial charge in [0, 0.05) is 0 Å². The van der Waals surface area contributed by atoms with Crippen LogP contribution in [0.2, 0.25) is 0 Å². The molecular weight excluding hydrogens is 395 g/mol. The summed E-state index contributed by atoms with van der Waals surface area (Å²) >= 11 is 6.72. The Hall–Kier alpha value is -1.11. The summed E-state index contributed by atoms with van der Waals surface area (Å²) < 4.78 is 25.8. The van der Waals surface area contributed by atoms with Gasteiger partial charge in [0.15, 0.2) is 0 Å². The summed E-state index contributed by atoms with van der Waals surface area (Å²) in [6.45, 7) is -0.434. The molecule has 2 aromatic carbocycles. The molecule has 0 saturated heterocycles. The lowest BCUT2D eigenvalue weighted by Crippen LogP contribution is -1.96. The van der Waals surface area contributed by atoms with E-state index in [2.05, 4.69) is 31.9 Å². The Morgan fingerprint density at radius 1 is 1.10 bits per heavy atom. The van der Waals surface area contributed by atoms with Gasteiger partial charge in [0.05, 0.1) is 28.2 Å². The first-order chi connectivity index (χ1) is 9.56. The lowest BCUT2D eigenvalue weighted by Gasteiger charge is -2.13. The molecule has 0 aromatic heterocycles. The summed E-state index contributed by atoms with van der Waals surface area (Å²) in [6.07, 6.45) is 0. The number of hydrogen-bond donors (Lipinski definition) is 1. The number of ether oxygens (including phenoxy) is 2. The smallest absolute Gasteiger partial charge is 0.143 e. The molecule has 0 saturated carbocycles. The van der Waals surface area contributed by atoms with Crippen LogP contribution in [0, 0.1) is 5.82 Å². The molecule has 0 atom stereocenters. The fraction of sp³-hybridized carbons (Fsp3) is 0.143. The van der Waals surface area contributed by atoms with Crippen LogP contribution >= 0.6 is 31.9 Å². The summed E-state index contributed by atoms with van der Waals surface area (Å²) in [5.74, 6) is 0.891. The van der Waals surface area contributed by atoms with Gasteiger partial charge < -0.3 is 14.6 Å². The molecule has 0 amide bonds. The second-order valence-corrected chi connectivity index (χ2v) is 5.60. The minimum Gasteiger partial charge on any atom is -0.496 e. The summed E-state index contributed by atoms with van der Waals surface area (Å²) in [7, 11) is 1.56. The fourth-order valence-electron chi connectivity index (χ4n) is 1.65. The highest BCUT2D eigenvalue weighted by molar-refractivity contribution is 9.11. The second-order valence-electron chi connectivity index (χ2n) is 3.89. The third kappa shape index (κ3) is 3.13. The highest BCUT2D eigenvalue weighted by Gasteiger charge is 2.13. The number of benzene rings is 2. The van der Waals surface area contributed by atoms with Crippen molar-refractivity contribution in [2.75, 3.05) is 7.11 Å². The summed E-state index contributed by atoms with van der Waals surface area (Å²) in [6, 6.07) is 7.83. The summed E-state index contributed by atoms with van der Waals surface area (Å²) in [5, 5.41) is 9.22. The Kier molecular flexibility index (Phi) is 5.01. The number of hydrogen-bond acceptors (Lipinski definition) is 3. The van der Waals surface area contributed by atoms with E-state index in [0.29, 0.717) is 20.4 Å². The predicted molar refractivity (Wildman–Crippen MR) is 80.8 cm³/mol. The highest BCUT2D eigenvalue weighted by atomic mass is 79.9. The molecule has 3 nitrogen and oxygen atoms in total. The standard InChI is InChI=1S/C14H11Br2FO3/c1-19-13-5-10(16)14(6-9(13)15)20-12-4-2-3-11(17)8(12)7-18/h2-6,18H,7H2,1H3. The van der Waals surface area contributed by atoms with E-state index in [1.807, 2.05) is 0 Å². The molecule has 6 heteroatoms. The molecule has 2 aromatic rings. The highest BCUT2D eigenvalue weighted by Crippen LogP contribution is 2.39. The van der Waals surface area contributed by atoms with Gasteiger partial charge >= 0.3 is 0 Å². The Morgan fingerprint density at radius 2 is 1.75 bits per heavy atom. The maximum absolute atomic E-state index is 13.6. The van der Waals surface area contributed by atoms with Crippen LogP contribution in [0.3, 0.4) is 0 Å². The van der Waals surface area contributed by atoms with Gasteiger partial charge in [0.2, 0.25) is 0 Å². The van der Waals surface area contributed by atoms with Gasteiger partial charge in [-0.25, -0.2) is 4.39 Å². The number of halogens is 3. The molecule has 20 heavy (non-hydrogen) atoms. The Morgan fingerprint density at radius 3 is 2.40 bits per heavy atom. The molecule has 2 rings (SSSR count). The molecular formula is C14H11Br2FO3. The maximum Gasteiger partial charge on any atom is 0.143 e. The van der Waals surface area contributed by atoms with Crippen molar-refractivity contribution in [2.45, 2.75) is 6.61 Å². The van der Waals surface area contributed by atoms with Crippen molar-refractivity contribution in [1.82, 2.24) is 0 Å². The van der Waals surface area contributed by atoms with Crippen molar-refractivity contribution in [3.8, 4) is 17.2 Å². The van der Waals surface area contributed by atoms with Crippen LogP contribution < -0.4 is 9.47 Å². The van der Waals surface area contributed by atoms with Crippen molar-refractivity contribution in [3.63, 3.8) is 0 Å². The monoisotopic (exact) mass is 404 g/mol. The van der Waals surface area contributed by atoms with Gasteiger partial charge in [-0.1, -0.05) is 6.07 Å². The summed E-state index contributed by atoms with van der Waals surface area (Å²) in [4.78, 5) is 0. The van der Waals surface area contributed by atoms with Crippen LogP contribution in [0.4, 0.5) is 4.39 Å². The fourth-order valence-corrected chi connectivity index (χ4v) is 2.54. The molecule has 0 fully saturated rings. The van der Waals surface area contributed by atoms with Crippen molar-refractivity contribution in [1.29, 1.82) is 0 Å². The van der Waals surface area contributed by atoms with Crippen LogP contribution in [-0.4, -0.2) is 12.2 Å². The van der Waals surface area contributed by atoms with Gasteiger partial charge in [-0.2, -0.15) is 0 Å². The lowest BCUT2D eigenvalue weighted by atomic mass is 10.2. The predicted octanol–water partition coefficient (Wildman–Crippen LogP) is 4.64. The molecule has 0 spiro atoms. The van der Waals surface area contributed by atoms with Gasteiger partial charge in [0.1, 0.15) is 23.1 Å². The SMILES string of the molecule is COc1cc(Br)c(Oc2cccc(F)c2CO)cc1Br. The first-order valence-corrected chi connectivity index (χ1v) is 7.24. The Bertz CT molecular complexity index is 632. The second kappa shape index (κ2) is 6.56. The zero-order chi connectivity index (χ0) is 14.7. The molecule has 0 aliphatic rings. The third-order valence-corrected chi connectivity index (χ3v) is 3.90. The molecule has 106 valence electrons. The molecule has 0 heterocycles. The van der Waals surface area contributed by atoms with Crippen molar-refractivity contribution in [2.24, 2.45) is 0 Å². The summed E-state index contributed by atoms with van der Waals surface area (Å²) in [5.41, 5.74) is 0.117. The van der Waals surface area contributed by atoms with E-state index in [9.17, 15) is 9.50 Å². The van der Waals surface area contributed by atoms with Crippen LogP contribution in [0.25, 0.3) is 0 Å². The molecule has 0 bridgehead atoms. The maximum atomic E-state index is 13.6. The number of methoxy groups -OCH3 is 1. The van der Waals surface area contributed by atoms with Gasteiger partial charge in [-0.3, -0.25) is 0 Å². The first-order valence-electron chi connectivity index (χ1n) is 5.66. The molecule has 0 aliphatic heterocycles. The van der Waals surface area contributed by atoms with E-state index in [-0.39, 0.29) is 11.3 Å². The number of aliphatic hydroxyl groups is 1. The van der Waals surface area contributed by atoms with Crippen LogP contribution in [0.1, 0.15) is 5.56 Å². The van der Waals surface area contributed by atoms with E-state index in [1.54, 1.807) is 25.3 Å². The van der Waals surface area contributed by atoms with Crippen LogP contribution in [0.15, 0.2) is 39.3 Å². The minimum atomic E-state index is -0.506. The minimum absolute atomic E-state index is 0.117. The molecule has 0 unspecified atom stereocenters. The number of aliphatic hydroxyl groups excluding tert-OH is 1. The average Bonchev–Trinajstić information content (AvgIpc) is 2.42. The zero-order valence-corrected chi connectivity index (χ0v) is 13.7. The van der Waals surface area contributed by atoms with Crippen molar-refractivity contribution >= 4 is 31.9 Å². The van der Waals surface area contributed by atoms with E-state index >= 15 is 0 Å². The topological polar surface area (TPSA) is 38.7 Å². The third-order valence-electron chi connectivity index (χ3n) is 2.66. The normalized spacial score (nSPS) is 10.4. The number of rotatable bonds is 4. The zero-order valence-electron chi connectivity index (χ0n) is 10.5. The van der Waals surface area contributed by atoms with Gasteiger partial charge in [-0.05, 0) is 56.1 Å². The molecule has 0 radical (unpaired) electrons. The first kappa shape index (κ1) is 15.3. The van der Waals surface area contributed by atoms with E-state index in [0.717, 1.165) is 0 Å². The van der Waals surface area contributed by atoms with Crippen LogP contribution in [0.5, 0.6) is 17.2 Å². The Balaban J connectivity index is 2.40. The van der Waals surface area contributed by atoms with E-state index in [4.69, 9.17) is 9.47 Å². The van der Waals surface area contributed by atoms with Gasteiger partial charge in [0.25, 0.3) is 0 Å². The Labute approximate surface area is 132 Å².